The number of benzene rings is 2. The van der Waals surface area contributed by atoms with Gasteiger partial charge in [0.25, 0.3) is 0 Å². The van der Waals surface area contributed by atoms with Gasteiger partial charge < -0.3 is 4.74 Å². The van der Waals surface area contributed by atoms with Crippen LogP contribution in [0, 0.1) is 6.92 Å². The Morgan fingerprint density at radius 1 is 1.04 bits per heavy atom. The average Bonchev–Trinajstić information content (AvgIpc) is 2.98. The summed E-state index contributed by atoms with van der Waals surface area (Å²) in [5.74, 6) is -0.683. The van der Waals surface area contributed by atoms with Crippen LogP contribution >= 0.6 is 11.6 Å². The third-order valence-corrected chi connectivity index (χ3v) is 4.93. The van der Waals surface area contributed by atoms with Crippen molar-refractivity contribution in [3.05, 3.63) is 76.0 Å². The molecule has 2 aromatic carbocycles. The minimum Gasteiger partial charge on any atom is -0.456 e. The van der Waals surface area contributed by atoms with Gasteiger partial charge in [-0.25, -0.2) is 4.79 Å². The van der Waals surface area contributed by atoms with Gasteiger partial charge in [-0.15, -0.1) is 0 Å². The van der Waals surface area contributed by atoms with Crippen molar-refractivity contribution < 1.29 is 14.3 Å². The molecule has 4 nitrogen and oxygen atoms in total. The lowest BCUT2D eigenvalue weighted by atomic mass is 9.84. The van der Waals surface area contributed by atoms with Gasteiger partial charge in [-0.2, -0.15) is 0 Å². The maximum atomic E-state index is 12.9. The number of halogens is 1. The molecule has 2 aliphatic heterocycles. The van der Waals surface area contributed by atoms with Crippen LogP contribution in [0.3, 0.4) is 0 Å². The van der Waals surface area contributed by atoms with E-state index in [0.29, 0.717) is 16.3 Å². The number of hydrogen-bond acceptors (Lipinski definition) is 3. The minimum atomic E-state index is -0.348. The van der Waals surface area contributed by atoms with Crippen molar-refractivity contribution in [3.63, 3.8) is 0 Å². The monoisotopic (exact) mass is 353 g/mol. The highest BCUT2D eigenvalue weighted by Gasteiger charge is 2.42. The Kier molecular flexibility index (Phi) is 3.85. The molecule has 126 valence electrons. The van der Waals surface area contributed by atoms with Gasteiger partial charge in [0.15, 0.2) is 0 Å². The van der Waals surface area contributed by atoms with Gasteiger partial charge in [-0.05, 0) is 36.8 Å². The topological polar surface area (TPSA) is 46.6 Å². The first-order chi connectivity index (χ1) is 12.0. The van der Waals surface area contributed by atoms with E-state index in [2.05, 4.69) is 0 Å². The van der Waals surface area contributed by atoms with Gasteiger partial charge in [-0.1, -0.05) is 41.4 Å². The number of rotatable bonds is 2. The second-order valence-corrected chi connectivity index (χ2v) is 6.75. The number of carbonyl (C=O) groups excluding carboxylic acids is 2. The van der Waals surface area contributed by atoms with E-state index in [9.17, 15) is 9.59 Å². The lowest BCUT2D eigenvalue weighted by Crippen LogP contribution is -2.37. The fraction of sp³-hybridized carbons (Fsp3) is 0.200. The Morgan fingerprint density at radius 2 is 1.72 bits per heavy atom. The number of esters is 1. The highest BCUT2D eigenvalue weighted by atomic mass is 35.5. The molecule has 2 heterocycles. The standard InChI is InChI=1S/C20H16ClNO3/c1-12-2-8-15(9-3-12)22-17-11-25-20(24)19(17)16(10-18(22)23)13-4-6-14(21)7-5-13/h2-9,16H,10-11H2,1H3/t16-/m0/s1. The molecule has 0 aromatic heterocycles. The van der Waals surface area contributed by atoms with Gasteiger partial charge >= 0.3 is 5.97 Å². The summed E-state index contributed by atoms with van der Waals surface area (Å²) in [6, 6.07) is 14.9. The maximum Gasteiger partial charge on any atom is 0.336 e. The molecule has 0 aliphatic carbocycles. The lowest BCUT2D eigenvalue weighted by Gasteiger charge is -2.32. The molecule has 2 aromatic rings. The summed E-state index contributed by atoms with van der Waals surface area (Å²) in [5, 5.41) is 0.621. The van der Waals surface area contributed by atoms with Gasteiger partial charge in [-0.3, -0.25) is 9.69 Å². The first-order valence-electron chi connectivity index (χ1n) is 8.10. The molecular weight excluding hydrogens is 338 g/mol. The molecule has 0 fully saturated rings. The Bertz CT molecular complexity index is 884. The zero-order valence-electron chi connectivity index (χ0n) is 13.7. The molecule has 0 radical (unpaired) electrons. The Balaban J connectivity index is 1.81. The SMILES string of the molecule is Cc1ccc(N2C(=O)C[C@@H](c3ccc(Cl)cc3)C3=C2COC3=O)cc1. The minimum absolute atomic E-state index is 0.0409. The third kappa shape index (κ3) is 2.72. The van der Waals surface area contributed by atoms with Crippen molar-refractivity contribution in [2.75, 3.05) is 11.5 Å². The molecule has 0 saturated carbocycles. The molecule has 1 atom stereocenters. The number of amides is 1. The van der Waals surface area contributed by atoms with Crippen LogP contribution in [0.2, 0.25) is 5.02 Å². The molecule has 0 N–H and O–H groups in total. The number of carbonyl (C=O) groups is 2. The van der Waals surface area contributed by atoms with Crippen LogP contribution < -0.4 is 4.90 Å². The molecule has 0 saturated heterocycles. The smallest absolute Gasteiger partial charge is 0.336 e. The lowest BCUT2D eigenvalue weighted by molar-refractivity contribution is -0.136. The fourth-order valence-corrected chi connectivity index (χ4v) is 3.55. The van der Waals surface area contributed by atoms with E-state index >= 15 is 0 Å². The second kappa shape index (κ2) is 6.05. The first-order valence-corrected chi connectivity index (χ1v) is 8.47. The Morgan fingerprint density at radius 3 is 2.40 bits per heavy atom. The highest BCUT2D eigenvalue weighted by Crippen LogP contribution is 2.41. The maximum absolute atomic E-state index is 12.9. The number of anilines is 1. The van der Waals surface area contributed by atoms with Crippen LogP contribution in [-0.2, 0) is 14.3 Å². The molecule has 0 unspecified atom stereocenters. The largest absolute Gasteiger partial charge is 0.456 e. The summed E-state index contributed by atoms with van der Waals surface area (Å²) in [4.78, 5) is 26.8. The van der Waals surface area contributed by atoms with E-state index in [1.165, 1.54) is 0 Å². The van der Waals surface area contributed by atoms with Crippen LogP contribution in [0.25, 0.3) is 0 Å². The second-order valence-electron chi connectivity index (χ2n) is 6.31. The van der Waals surface area contributed by atoms with Crippen LogP contribution in [0.15, 0.2) is 59.8 Å². The predicted octanol–water partition coefficient (Wildman–Crippen LogP) is 3.98. The zero-order valence-corrected chi connectivity index (χ0v) is 14.4. The van der Waals surface area contributed by atoms with E-state index in [1.54, 1.807) is 17.0 Å². The molecule has 4 rings (SSSR count). The van der Waals surface area contributed by atoms with Crippen LogP contribution in [-0.4, -0.2) is 18.5 Å². The van der Waals surface area contributed by atoms with Gasteiger partial charge in [0.2, 0.25) is 5.91 Å². The fourth-order valence-electron chi connectivity index (χ4n) is 3.43. The van der Waals surface area contributed by atoms with Gasteiger partial charge in [0, 0.05) is 23.0 Å². The van der Waals surface area contributed by atoms with E-state index in [0.717, 1.165) is 16.8 Å². The molecule has 2 aliphatic rings. The molecule has 25 heavy (non-hydrogen) atoms. The molecule has 1 amide bonds. The normalized spacial score (nSPS) is 19.9. The zero-order chi connectivity index (χ0) is 17.6. The van der Waals surface area contributed by atoms with Gasteiger partial charge in [0.1, 0.15) is 6.61 Å². The summed E-state index contributed by atoms with van der Waals surface area (Å²) >= 11 is 5.96. The number of cyclic esters (lactones) is 1. The van der Waals surface area contributed by atoms with Crippen molar-refractivity contribution in [2.24, 2.45) is 0 Å². The predicted molar refractivity (Wildman–Crippen MR) is 95.5 cm³/mol. The molecule has 5 heteroatoms. The number of ether oxygens (including phenoxy) is 1. The van der Waals surface area contributed by atoms with Crippen LogP contribution in [0.1, 0.15) is 23.5 Å². The van der Waals surface area contributed by atoms with E-state index in [1.807, 2.05) is 43.3 Å². The van der Waals surface area contributed by atoms with Crippen molar-refractivity contribution in [3.8, 4) is 0 Å². The summed E-state index contributed by atoms with van der Waals surface area (Å²) in [6.45, 7) is 2.11. The number of aryl methyl sites for hydroxylation is 1. The van der Waals surface area contributed by atoms with Gasteiger partial charge in [0.05, 0.1) is 11.3 Å². The summed E-state index contributed by atoms with van der Waals surface area (Å²) in [7, 11) is 0. The van der Waals surface area contributed by atoms with Crippen molar-refractivity contribution in [1.29, 1.82) is 0 Å². The Labute approximate surface area is 150 Å². The average molecular weight is 354 g/mol. The first kappa shape index (κ1) is 15.9. The highest BCUT2D eigenvalue weighted by molar-refractivity contribution is 6.30. The van der Waals surface area contributed by atoms with E-state index < -0.39 is 0 Å². The number of hydrogen-bond donors (Lipinski definition) is 0. The summed E-state index contributed by atoms with van der Waals surface area (Å²) < 4.78 is 5.27. The summed E-state index contributed by atoms with van der Waals surface area (Å²) in [6.07, 6.45) is 0.226. The van der Waals surface area contributed by atoms with Crippen LogP contribution in [0.4, 0.5) is 5.69 Å². The molecule has 0 bridgehead atoms. The van der Waals surface area contributed by atoms with Crippen molar-refractivity contribution >= 4 is 29.2 Å². The van der Waals surface area contributed by atoms with Crippen LogP contribution in [0.5, 0.6) is 0 Å². The van der Waals surface area contributed by atoms with Crippen molar-refractivity contribution in [1.82, 2.24) is 0 Å². The molecular formula is C20H16ClNO3. The summed E-state index contributed by atoms with van der Waals surface area (Å²) in [5.41, 5.74) is 3.98. The van der Waals surface area contributed by atoms with E-state index in [-0.39, 0.29) is 30.8 Å². The third-order valence-electron chi connectivity index (χ3n) is 4.68. The Hall–Kier alpha value is -2.59. The quantitative estimate of drug-likeness (QED) is 0.767. The molecule has 0 spiro atoms. The van der Waals surface area contributed by atoms with E-state index in [4.69, 9.17) is 16.3 Å². The van der Waals surface area contributed by atoms with Crippen molar-refractivity contribution in [2.45, 2.75) is 19.3 Å². The number of nitrogens with zero attached hydrogens (tertiary/aromatic N) is 1.